The average Bonchev–Trinajstić information content (AvgIpc) is 2.88. The molecule has 0 saturated carbocycles. The zero-order chi connectivity index (χ0) is 13.2. The summed E-state index contributed by atoms with van der Waals surface area (Å²) in [5.41, 5.74) is 1.63. The van der Waals surface area contributed by atoms with Crippen LogP contribution in [0, 0.1) is 0 Å². The van der Waals surface area contributed by atoms with E-state index in [1.165, 1.54) is 10.4 Å². The molecule has 1 atom stereocenters. The fraction of sp³-hybridized carbons (Fsp3) is 0.286. The summed E-state index contributed by atoms with van der Waals surface area (Å²) in [5.74, 6) is -0.161. The first-order valence-corrected chi connectivity index (χ1v) is 7.49. The number of thiophene rings is 1. The summed E-state index contributed by atoms with van der Waals surface area (Å²) >= 11 is 7.57. The summed E-state index contributed by atoms with van der Waals surface area (Å²) in [5, 5.41) is 5.48. The molecule has 0 radical (unpaired) electrons. The molecule has 0 aliphatic heterocycles. The van der Waals surface area contributed by atoms with E-state index in [2.05, 4.69) is 21.7 Å². The Bertz CT molecular complexity index is 611. The first kappa shape index (κ1) is 12.6. The van der Waals surface area contributed by atoms with Crippen molar-refractivity contribution in [3.63, 3.8) is 0 Å². The number of aromatic nitrogens is 1. The van der Waals surface area contributed by atoms with E-state index >= 15 is 0 Å². The lowest BCUT2D eigenvalue weighted by Crippen LogP contribution is -2.30. The van der Waals surface area contributed by atoms with Gasteiger partial charge in [-0.15, -0.1) is 11.3 Å². The normalized spacial score (nSPS) is 17.8. The molecule has 0 bridgehead atoms. The minimum absolute atomic E-state index is 0.100. The quantitative estimate of drug-likeness (QED) is 0.859. The number of fused-ring (bicyclic) bond motifs is 1. The summed E-state index contributed by atoms with van der Waals surface area (Å²) in [4.78, 5) is 17.6. The number of nitrogens with one attached hydrogen (secondary N) is 1. The molecule has 2 aromatic heterocycles. The van der Waals surface area contributed by atoms with E-state index in [1.54, 1.807) is 29.5 Å². The number of hydrogen-bond acceptors (Lipinski definition) is 3. The lowest BCUT2D eigenvalue weighted by molar-refractivity contribution is 0.0928. The molecule has 1 unspecified atom stereocenters. The van der Waals surface area contributed by atoms with Gasteiger partial charge in [0.2, 0.25) is 0 Å². The van der Waals surface area contributed by atoms with Crippen molar-refractivity contribution in [1.82, 2.24) is 10.3 Å². The largest absolute Gasteiger partial charge is 0.344 e. The minimum Gasteiger partial charge on any atom is -0.344 e. The Balaban J connectivity index is 1.78. The zero-order valence-electron chi connectivity index (χ0n) is 10.2. The second-order valence-electron chi connectivity index (χ2n) is 4.56. The topological polar surface area (TPSA) is 42.0 Å². The van der Waals surface area contributed by atoms with Crippen LogP contribution in [0.3, 0.4) is 0 Å². The van der Waals surface area contributed by atoms with E-state index in [-0.39, 0.29) is 11.9 Å². The van der Waals surface area contributed by atoms with Crippen LogP contribution in [0.4, 0.5) is 0 Å². The fourth-order valence-electron chi connectivity index (χ4n) is 2.40. The molecule has 0 aromatic carbocycles. The van der Waals surface area contributed by atoms with Crippen LogP contribution in [0.1, 0.15) is 39.8 Å². The van der Waals surface area contributed by atoms with Gasteiger partial charge in [-0.05, 0) is 48.4 Å². The smallest absolute Gasteiger partial charge is 0.270 e. The molecule has 3 nitrogen and oxygen atoms in total. The molecule has 2 aromatic rings. The Morgan fingerprint density at radius 1 is 1.42 bits per heavy atom. The fourth-order valence-corrected chi connectivity index (χ4v) is 3.55. The summed E-state index contributed by atoms with van der Waals surface area (Å²) in [6, 6.07) is 7.29. The van der Waals surface area contributed by atoms with Gasteiger partial charge in [0.25, 0.3) is 5.91 Å². The monoisotopic (exact) mass is 292 g/mol. The standard InChI is InChI=1S/C14H13ClN2OS/c15-13-6-2-4-11(16-13)14(18)17-10-3-1-5-12-9(10)7-8-19-12/h2,4,6-8,10H,1,3,5H2,(H,17,18). The van der Waals surface area contributed by atoms with E-state index in [4.69, 9.17) is 11.6 Å². The van der Waals surface area contributed by atoms with Crippen molar-refractivity contribution in [2.75, 3.05) is 0 Å². The molecule has 1 amide bonds. The number of amides is 1. The third kappa shape index (κ3) is 2.65. The van der Waals surface area contributed by atoms with Gasteiger partial charge in [0.1, 0.15) is 10.8 Å². The highest BCUT2D eigenvalue weighted by Gasteiger charge is 2.23. The molecular weight excluding hydrogens is 280 g/mol. The lowest BCUT2D eigenvalue weighted by Gasteiger charge is -2.23. The second-order valence-corrected chi connectivity index (χ2v) is 5.95. The van der Waals surface area contributed by atoms with E-state index in [1.807, 2.05) is 0 Å². The van der Waals surface area contributed by atoms with Crippen LogP contribution < -0.4 is 5.32 Å². The molecule has 1 aliphatic carbocycles. The van der Waals surface area contributed by atoms with Crippen LogP contribution in [0.25, 0.3) is 0 Å². The molecule has 19 heavy (non-hydrogen) atoms. The van der Waals surface area contributed by atoms with Crippen molar-refractivity contribution >= 4 is 28.8 Å². The van der Waals surface area contributed by atoms with Crippen molar-refractivity contribution in [3.8, 4) is 0 Å². The Hall–Kier alpha value is -1.39. The highest BCUT2D eigenvalue weighted by molar-refractivity contribution is 7.10. The molecule has 0 spiro atoms. The Kier molecular flexibility index (Phi) is 3.53. The zero-order valence-corrected chi connectivity index (χ0v) is 11.8. The van der Waals surface area contributed by atoms with Crippen LogP contribution in [-0.2, 0) is 6.42 Å². The van der Waals surface area contributed by atoms with Gasteiger partial charge in [-0.3, -0.25) is 4.79 Å². The molecule has 0 saturated heterocycles. The van der Waals surface area contributed by atoms with Crippen molar-refractivity contribution in [2.24, 2.45) is 0 Å². The van der Waals surface area contributed by atoms with Crippen molar-refractivity contribution in [1.29, 1.82) is 0 Å². The molecule has 98 valence electrons. The van der Waals surface area contributed by atoms with Crippen LogP contribution in [0.2, 0.25) is 5.15 Å². The van der Waals surface area contributed by atoms with Gasteiger partial charge in [-0.25, -0.2) is 4.98 Å². The van der Waals surface area contributed by atoms with Crippen LogP contribution in [0.15, 0.2) is 29.6 Å². The van der Waals surface area contributed by atoms with Gasteiger partial charge in [-0.1, -0.05) is 17.7 Å². The Morgan fingerprint density at radius 2 is 2.32 bits per heavy atom. The van der Waals surface area contributed by atoms with Gasteiger partial charge < -0.3 is 5.32 Å². The summed E-state index contributed by atoms with van der Waals surface area (Å²) in [6.45, 7) is 0. The van der Waals surface area contributed by atoms with Gasteiger partial charge in [0, 0.05) is 4.88 Å². The molecule has 2 heterocycles. The van der Waals surface area contributed by atoms with Crippen molar-refractivity contribution < 1.29 is 4.79 Å². The SMILES string of the molecule is O=C(NC1CCCc2sccc21)c1cccc(Cl)n1. The highest BCUT2D eigenvalue weighted by Crippen LogP contribution is 2.33. The lowest BCUT2D eigenvalue weighted by atomic mass is 9.94. The maximum absolute atomic E-state index is 12.2. The van der Waals surface area contributed by atoms with Gasteiger partial charge in [0.15, 0.2) is 0 Å². The van der Waals surface area contributed by atoms with Crippen LogP contribution in [-0.4, -0.2) is 10.9 Å². The Labute approximate surface area is 120 Å². The number of carbonyl (C=O) groups is 1. The number of aryl methyl sites for hydroxylation is 1. The first-order valence-electron chi connectivity index (χ1n) is 6.24. The average molecular weight is 293 g/mol. The number of hydrogen-bond donors (Lipinski definition) is 1. The van der Waals surface area contributed by atoms with E-state index in [9.17, 15) is 4.79 Å². The first-order chi connectivity index (χ1) is 9.24. The van der Waals surface area contributed by atoms with Crippen LogP contribution >= 0.6 is 22.9 Å². The third-order valence-corrected chi connectivity index (χ3v) is 4.51. The van der Waals surface area contributed by atoms with E-state index in [0.29, 0.717) is 10.8 Å². The van der Waals surface area contributed by atoms with Gasteiger partial charge in [0.05, 0.1) is 6.04 Å². The number of rotatable bonds is 2. The van der Waals surface area contributed by atoms with Crippen molar-refractivity contribution in [2.45, 2.75) is 25.3 Å². The number of halogens is 1. The second kappa shape index (κ2) is 5.31. The minimum atomic E-state index is -0.161. The predicted octanol–water partition coefficient (Wildman–Crippen LogP) is 3.60. The predicted molar refractivity (Wildman–Crippen MR) is 76.7 cm³/mol. The number of nitrogens with zero attached hydrogens (tertiary/aromatic N) is 1. The van der Waals surface area contributed by atoms with Crippen LogP contribution in [0.5, 0.6) is 0 Å². The molecular formula is C14H13ClN2OS. The third-order valence-electron chi connectivity index (χ3n) is 3.31. The summed E-state index contributed by atoms with van der Waals surface area (Å²) in [7, 11) is 0. The molecule has 0 fully saturated rings. The maximum atomic E-state index is 12.2. The van der Waals surface area contributed by atoms with E-state index in [0.717, 1.165) is 19.3 Å². The molecule has 1 N–H and O–H groups in total. The summed E-state index contributed by atoms with van der Waals surface area (Å²) in [6.07, 6.45) is 3.21. The molecule has 5 heteroatoms. The van der Waals surface area contributed by atoms with Crippen molar-refractivity contribution in [3.05, 3.63) is 50.9 Å². The van der Waals surface area contributed by atoms with Gasteiger partial charge >= 0.3 is 0 Å². The number of carbonyl (C=O) groups excluding carboxylic acids is 1. The highest BCUT2D eigenvalue weighted by atomic mass is 35.5. The maximum Gasteiger partial charge on any atom is 0.270 e. The Morgan fingerprint density at radius 3 is 3.16 bits per heavy atom. The summed E-state index contributed by atoms with van der Waals surface area (Å²) < 4.78 is 0. The molecule has 3 rings (SSSR count). The number of pyridine rings is 1. The van der Waals surface area contributed by atoms with Gasteiger partial charge in [-0.2, -0.15) is 0 Å². The molecule has 1 aliphatic rings. The van der Waals surface area contributed by atoms with E-state index < -0.39 is 0 Å².